The first-order valence-corrected chi connectivity index (χ1v) is 8.20. The van der Waals surface area contributed by atoms with Gasteiger partial charge in [0, 0.05) is 16.7 Å². The molecule has 1 aliphatic rings. The number of ketones is 2. The first-order valence-electron chi connectivity index (χ1n) is 5.99. The van der Waals surface area contributed by atoms with E-state index in [0.29, 0.717) is 0 Å². The molecule has 1 aliphatic carbocycles. The molecule has 6 nitrogen and oxygen atoms in total. The van der Waals surface area contributed by atoms with Gasteiger partial charge < -0.3 is 10.3 Å². The Labute approximate surface area is 162 Å². The molecule has 23 heavy (non-hydrogen) atoms. The van der Waals surface area contributed by atoms with E-state index in [9.17, 15) is 22.6 Å². The molecule has 0 atom stereocenters. The maximum absolute atomic E-state index is 12.5. The molecule has 0 aromatic heterocycles. The summed E-state index contributed by atoms with van der Waals surface area (Å²) in [7, 11) is -4.88. The van der Waals surface area contributed by atoms with Crippen molar-refractivity contribution in [3.63, 3.8) is 0 Å². The van der Waals surface area contributed by atoms with Gasteiger partial charge in [0.2, 0.25) is 0 Å². The van der Waals surface area contributed by atoms with E-state index in [-0.39, 0.29) is 62.0 Å². The average Bonchev–Trinajstić information content (AvgIpc) is 2.46. The summed E-state index contributed by atoms with van der Waals surface area (Å²) in [5.74, 6) is -0.991. The quantitative estimate of drug-likeness (QED) is 0.307. The minimum atomic E-state index is -4.88. The van der Waals surface area contributed by atoms with Crippen molar-refractivity contribution in [1.29, 1.82) is 0 Å². The smallest absolute Gasteiger partial charge is 0.744 e. The molecular weight excluding hydrogens is 397 g/mol. The third-order valence-electron chi connectivity index (χ3n) is 3.42. The summed E-state index contributed by atoms with van der Waals surface area (Å²) in [5.41, 5.74) is 5.43. The number of nitrogens with two attached hydrogens (primary N) is 1. The number of fused-ring (bicyclic) bond motifs is 2. The number of halogens is 1. The number of nitrogen functional groups attached to an aromatic ring is 1. The maximum Gasteiger partial charge on any atom is 1.00 e. The van der Waals surface area contributed by atoms with Crippen molar-refractivity contribution in [2.45, 2.75) is 4.90 Å². The predicted octanol–water partition coefficient (Wildman–Crippen LogP) is -1.29. The molecule has 2 aromatic carbocycles. The minimum Gasteiger partial charge on any atom is -0.744 e. The van der Waals surface area contributed by atoms with Crippen LogP contribution in [0.3, 0.4) is 0 Å². The van der Waals surface area contributed by atoms with Gasteiger partial charge in [0.25, 0.3) is 0 Å². The molecule has 0 saturated heterocycles. The van der Waals surface area contributed by atoms with E-state index in [1.54, 1.807) is 12.1 Å². The SMILES string of the molecule is Nc1c(S(=O)(=O)[O-])cc2c(c1Br)C(=O)c1ccccc1C2=O.[Na+]. The van der Waals surface area contributed by atoms with Crippen molar-refractivity contribution < 1.29 is 52.1 Å². The van der Waals surface area contributed by atoms with Gasteiger partial charge in [-0.2, -0.15) is 0 Å². The van der Waals surface area contributed by atoms with Gasteiger partial charge in [0.15, 0.2) is 11.6 Å². The van der Waals surface area contributed by atoms with E-state index in [4.69, 9.17) is 5.73 Å². The number of hydrogen-bond donors (Lipinski definition) is 1. The Kier molecular flexibility index (Phi) is 4.87. The Bertz CT molecular complexity index is 971. The van der Waals surface area contributed by atoms with Crippen LogP contribution in [0, 0.1) is 0 Å². The molecule has 0 amide bonds. The summed E-state index contributed by atoms with van der Waals surface area (Å²) >= 11 is 3.03. The van der Waals surface area contributed by atoms with Crippen LogP contribution in [0.25, 0.3) is 0 Å². The van der Waals surface area contributed by atoms with Gasteiger partial charge in [-0.25, -0.2) is 8.42 Å². The zero-order valence-electron chi connectivity index (χ0n) is 11.8. The molecular formula is C14H7BrNNaO5S. The molecule has 0 fully saturated rings. The van der Waals surface area contributed by atoms with E-state index in [2.05, 4.69) is 15.9 Å². The van der Waals surface area contributed by atoms with Crippen molar-refractivity contribution in [2.24, 2.45) is 0 Å². The van der Waals surface area contributed by atoms with Crippen LogP contribution in [0.5, 0.6) is 0 Å². The summed E-state index contributed by atoms with van der Waals surface area (Å²) in [6, 6.07) is 7.04. The number of carbonyl (C=O) groups is 2. The van der Waals surface area contributed by atoms with Gasteiger partial charge in [-0.05, 0) is 22.0 Å². The molecule has 2 N–H and O–H groups in total. The molecule has 3 rings (SSSR count). The van der Waals surface area contributed by atoms with Crippen LogP contribution < -0.4 is 35.3 Å². The Morgan fingerprint density at radius 3 is 2.04 bits per heavy atom. The molecule has 0 aliphatic heterocycles. The standard InChI is InChI=1S/C14H8BrNO5S.Na/c15-11-10-8(5-9(12(11)16)22(19,20)21)13(17)6-3-1-2-4-7(6)14(10)18;/h1-5H,16H2,(H,19,20,21);/q;+1/p-1. The first kappa shape index (κ1) is 18.3. The fourth-order valence-electron chi connectivity index (χ4n) is 2.41. The Hall–Kier alpha value is -1.03. The van der Waals surface area contributed by atoms with E-state index in [1.807, 2.05) is 0 Å². The molecule has 0 spiro atoms. The van der Waals surface area contributed by atoms with Gasteiger partial charge >= 0.3 is 29.6 Å². The van der Waals surface area contributed by atoms with Gasteiger partial charge in [0.1, 0.15) is 10.1 Å². The molecule has 0 unspecified atom stereocenters. The summed E-state index contributed by atoms with van der Waals surface area (Å²) in [4.78, 5) is 24.3. The summed E-state index contributed by atoms with van der Waals surface area (Å²) in [5, 5.41) is 0. The van der Waals surface area contributed by atoms with Crippen molar-refractivity contribution >= 4 is 43.3 Å². The minimum absolute atomic E-state index is 0. The number of anilines is 1. The van der Waals surface area contributed by atoms with Crippen LogP contribution in [0.2, 0.25) is 0 Å². The van der Waals surface area contributed by atoms with Gasteiger partial charge in [-0.15, -0.1) is 0 Å². The topological polar surface area (TPSA) is 117 Å². The average molecular weight is 404 g/mol. The van der Waals surface area contributed by atoms with Crippen LogP contribution in [0.1, 0.15) is 31.8 Å². The van der Waals surface area contributed by atoms with Crippen LogP contribution in [0.15, 0.2) is 39.7 Å². The molecule has 0 heterocycles. The van der Waals surface area contributed by atoms with Gasteiger partial charge in [0.05, 0.1) is 20.6 Å². The van der Waals surface area contributed by atoms with Crippen molar-refractivity contribution in [1.82, 2.24) is 0 Å². The normalized spacial score (nSPS) is 13.1. The van der Waals surface area contributed by atoms with E-state index >= 15 is 0 Å². The van der Waals surface area contributed by atoms with Crippen molar-refractivity contribution in [3.8, 4) is 0 Å². The van der Waals surface area contributed by atoms with Crippen LogP contribution in [-0.2, 0) is 10.1 Å². The third kappa shape index (κ3) is 2.79. The zero-order chi connectivity index (χ0) is 16.2. The number of rotatable bonds is 1. The zero-order valence-corrected chi connectivity index (χ0v) is 16.2. The Morgan fingerprint density at radius 2 is 1.52 bits per heavy atom. The van der Waals surface area contributed by atoms with Crippen LogP contribution >= 0.6 is 15.9 Å². The third-order valence-corrected chi connectivity index (χ3v) is 5.12. The number of carbonyl (C=O) groups excluding carboxylic acids is 2. The molecule has 2 aromatic rings. The number of hydrogen-bond acceptors (Lipinski definition) is 6. The molecule has 0 saturated carbocycles. The second kappa shape index (κ2) is 6.12. The summed E-state index contributed by atoms with van der Waals surface area (Å²) < 4.78 is 33.8. The monoisotopic (exact) mass is 403 g/mol. The van der Waals surface area contributed by atoms with Gasteiger partial charge in [-0.1, -0.05) is 24.3 Å². The van der Waals surface area contributed by atoms with Gasteiger partial charge in [-0.3, -0.25) is 9.59 Å². The van der Waals surface area contributed by atoms with E-state index in [0.717, 1.165) is 6.07 Å². The van der Waals surface area contributed by atoms with Crippen LogP contribution in [0.4, 0.5) is 5.69 Å². The fraction of sp³-hybridized carbons (Fsp3) is 0. The molecule has 112 valence electrons. The largest absolute Gasteiger partial charge is 1.00 e. The van der Waals surface area contributed by atoms with Crippen LogP contribution in [-0.4, -0.2) is 24.5 Å². The second-order valence-electron chi connectivity index (χ2n) is 4.68. The maximum atomic E-state index is 12.5. The Balaban J connectivity index is 0.00000192. The second-order valence-corrected chi connectivity index (χ2v) is 6.82. The summed E-state index contributed by atoms with van der Waals surface area (Å²) in [6.07, 6.45) is 0. The Morgan fingerprint density at radius 1 is 1.00 bits per heavy atom. The predicted molar refractivity (Wildman–Crippen MR) is 79.8 cm³/mol. The number of benzene rings is 2. The summed E-state index contributed by atoms with van der Waals surface area (Å²) in [6.45, 7) is 0. The van der Waals surface area contributed by atoms with Crippen molar-refractivity contribution in [3.05, 3.63) is 57.1 Å². The van der Waals surface area contributed by atoms with Crippen molar-refractivity contribution in [2.75, 3.05) is 5.73 Å². The molecule has 0 bridgehead atoms. The fourth-order valence-corrected chi connectivity index (χ4v) is 3.78. The first-order chi connectivity index (χ1) is 10.2. The molecule has 0 radical (unpaired) electrons. The van der Waals surface area contributed by atoms with E-state index in [1.165, 1.54) is 12.1 Å². The van der Waals surface area contributed by atoms with E-state index < -0.39 is 26.6 Å². The molecule has 9 heteroatoms.